The van der Waals surface area contributed by atoms with Gasteiger partial charge in [-0.2, -0.15) is 0 Å². The minimum absolute atomic E-state index is 0.424. The summed E-state index contributed by atoms with van der Waals surface area (Å²) in [6.07, 6.45) is 11.9. The summed E-state index contributed by atoms with van der Waals surface area (Å²) < 4.78 is 6.25. The first kappa shape index (κ1) is 32.1. The Kier molecular flexibility index (Phi) is 9.83. The monoisotopic (exact) mass is 623 g/mol. The van der Waals surface area contributed by atoms with Gasteiger partial charge in [0.15, 0.2) is 0 Å². The van der Waals surface area contributed by atoms with Crippen LogP contribution in [0.1, 0.15) is 23.6 Å². The number of rotatable bonds is 8. The van der Waals surface area contributed by atoms with Crippen LogP contribution in [0.15, 0.2) is 188 Å². The molecule has 2 heteroatoms. The SMILES string of the molecule is C=C/C1=C(\C=C/C)C(=C)/C=C\C=C(\c2ccc(N(c3ccccc3)c3ccc(-c4ccc(C)c(-c5ccccc5C)c4)cc3)cc2)CO1. The standard InChI is InChI=1S/C46H41NO/c1-6-14-44-34(4)16-13-17-39(32-48-46(44)7-2)37-25-29-42(30-26-37)47(40-18-9-8-10-19-40)41-27-23-36(24-28-41)38-22-21-35(5)45(31-38)43-20-12-11-15-33(43)3/h6-31H,2,4,32H2,1,3,5H3/b14-6-,16-13-,39-17+,46-44-. The van der Waals surface area contributed by atoms with E-state index in [0.717, 1.165) is 45.1 Å². The highest BCUT2D eigenvalue weighted by Crippen LogP contribution is 2.37. The topological polar surface area (TPSA) is 12.5 Å². The number of nitrogens with zero attached hydrogens (tertiary/aromatic N) is 1. The van der Waals surface area contributed by atoms with Crippen molar-refractivity contribution in [2.24, 2.45) is 0 Å². The third kappa shape index (κ3) is 6.94. The molecule has 6 rings (SSSR count). The molecule has 0 aromatic heterocycles. The maximum absolute atomic E-state index is 6.25. The summed E-state index contributed by atoms with van der Waals surface area (Å²) in [6, 6.07) is 43.4. The van der Waals surface area contributed by atoms with E-state index in [0.29, 0.717) is 6.61 Å². The van der Waals surface area contributed by atoms with E-state index in [1.807, 2.05) is 31.2 Å². The quantitative estimate of drug-likeness (QED) is 0.170. The van der Waals surface area contributed by atoms with E-state index in [2.05, 4.69) is 159 Å². The summed E-state index contributed by atoms with van der Waals surface area (Å²) >= 11 is 0. The van der Waals surface area contributed by atoms with E-state index >= 15 is 0 Å². The molecular weight excluding hydrogens is 583 g/mol. The third-order valence-electron chi connectivity index (χ3n) is 8.75. The minimum atomic E-state index is 0.424. The summed E-state index contributed by atoms with van der Waals surface area (Å²) in [6.45, 7) is 15.0. The Morgan fingerprint density at radius 1 is 0.667 bits per heavy atom. The minimum Gasteiger partial charge on any atom is -0.488 e. The van der Waals surface area contributed by atoms with E-state index < -0.39 is 0 Å². The second kappa shape index (κ2) is 14.7. The van der Waals surface area contributed by atoms with Crippen LogP contribution >= 0.6 is 0 Å². The van der Waals surface area contributed by atoms with Crippen molar-refractivity contribution in [1.29, 1.82) is 0 Å². The Morgan fingerprint density at radius 3 is 1.94 bits per heavy atom. The molecule has 48 heavy (non-hydrogen) atoms. The van der Waals surface area contributed by atoms with Gasteiger partial charge in [-0.1, -0.05) is 122 Å². The molecule has 0 saturated carbocycles. The fourth-order valence-corrected chi connectivity index (χ4v) is 6.13. The van der Waals surface area contributed by atoms with Crippen molar-refractivity contribution < 1.29 is 4.74 Å². The first-order valence-electron chi connectivity index (χ1n) is 16.4. The zero-order valence-corrected chi connectivity index (χ0v) is 28.0. The summed E-state index contributed by atoms with van der Waals surface area (Å²) in [5, 5.41) is 0. The molecular formula is C46H41NO. The van der Waals surface area contributed by atoms with E-state index in [-0.39, 0.29) is 0 Å². The van der Waals surface area contributed by atoms with Crippen molar-refractivity contribution in [1.82, 2.24) is 0 Å². The molecule has 0 bridgehead atoms. The predicted molar refractivity (Wildman–Crippen MR) is 206 cm³/mol. The van der Waals surface area contributed by atoms with Crippen LogP contribution in [-0.4, -0.2) is 6.61 Å². The van der Waals surface area contributed by atoms with Crippen molar-refractivity contribution in [2.75, 3.05) is 11.5 Å². The van der Waals surface area contributed by atoms with E-state index in [1.54, 1.807) is 6.08 Å². The van der Waals surface area contributed by atoms with Crippen LogP contribution in [0.5, 0.6) is 0 Å². The molecule has 0 N–H and O–H groups in total. The maximum atomic E-state index is 6.25. The van der Waals surface area contributed by atoms with Crippen molar-refractivity contribution in [3.63, 3.8) is 0 Å². The summed E-state index contributed by atoms with van der Waals surface area (Å²) in [7, 11) is 0. The van der Waals surface area contributed by atoms with Crippen LogP contribution < -0.4 is 4.90 Å². The summed E-state index contributed by atoms with van der Waals surface area (Å²) in [5.74, 6) is 0.725. The molecule has 0 atom stereocenters. The van der Waals surface area contributed by atoms with Crippen LogP contribution in [0.3, 0.4) is 0 Å². The number of hydrogen-bond acceptors (Lipinski definition) is 2. The predicted octanol–water partition coefficient (Wildman–Crippen LogP) is 12.6. The molecule has 236 valence electrons. The molecule has 0 amide bonds. The molecule has 0 fully saturated rings. The highest BCUT2D eigenvalue weighted by molar-refractivity contribution is 5.81. The van der Waals surface area contributed by atoms with Gasteiger partial charge in [0.1, 0.15) is 12.4 Å². The van der Waals surface area contributed by atoms with E-state index in [4.69, 9.17) is 4.74 Å². The van der Waals surface area contributed by atoms with Gasteiger partial charge < -0.3 is 9.64 Å². The smallest absolute Gasteiger partial charge is 0.127 e. The number of benzene rings is 5. The molecule has 1 aliphatic rings. The van der Waals surface area contributed by atoms with Gasteiger partial charge in [0, 0.05) is 22.6 Å². The molecule has 0 aliphatic carbocycles. The van der Waals surface area contributed by atoms with Crippen LogP contribution in [-0.2, 0) is 4.74 Å². The van der Waals surface area contributed by atoms with Crippen LogP contribution in [0.25, 0.3) is 27.8 Å². The Hall–Kier alpha value is -5.86. The lowest BCUT2D eigenvalue weighted by Gasteiger charge is -2.26. The van der Waals surface area contributed by atoms with Gasteiger partial charge >= 0.3 is 0 Å². The molecule has 1 heterocycles. The van der Waals surface area contributed by atoms with Gasteiger partial charge in [-0.15, -0.1) is 0 Å². The maximum Gasteiger partial charge on any atom is 0.127 e. The van der Waals surface area contributed by atoms with Crippen LogP contribution in [0.2, 0.25) is 0 Å². The number of ether oxygens (including phenoxy) is 1. The van der Waals surface area contributed by atoms with Gasteiger partial charge in [0.25, 0.3) is 0 Å². The summed E-state index contributed by atoms with van der Waals surface area (Å²) in [4.78, 5) is 2.29. The lowest BCUT2D eigenvalue weighted by molar-refractivity contribution is 0.265. The molecule has 1 aliphatic heterocycles. The van der Waals surface area contributed by atoms with Crippen molar-refractivity contribution in [3.8, 4) is 22.3 Å². The molecule has 5 aromatic carbocycles. The number of anilines is 3. The van der Waals surface area contributed by atoms with Gasteiger partial charge in [-0.05, 0) is 119 Å². The highest BCUT2D eigenvalue weighted by Gasteiger charge is 2.15. The number of aryl methyl sites for hydroxylation is 2. The van der Waals surface area contributed by atoms with Crippen molar-refractivity contribution in [3.05, 3.63) is 205 Å². The van der Waals surface area contributed by atoms with Crippen molar-refractivity contribution in [2.45, 2.75) is 20.8 Å². The Balaban J connectivity index is 1.31. The largest absolute Gasteiger partial charge is 0.488 e. The molecule has 2 nitrogen and oxygen atoms in total. The van der Waals surface area contributed by atoms with Gasteiger partial charge in [0.05, 0.1) is 0 Å². The average Bonchev–Trinajstić information content (AvgIpc) is 3.19. The first-order chi connectivity index (χ1) is 23.5. The molecule has 0 saturated heterocycles. The highest BCUT2D eigenvalue weighted by atomic mass is 16.5. The average molecular weight is 624 g/mol. The van der Waals surface area contributed by atoms with Gasteiger partial charge in [-0.25, -0.2) is 0 Å². The number of hydrogen-bond donors (Lipinski definition) is 0. The first-order valence-corrected chi connectivity index (χ1v) is 16.4. The van der Waals surface area contributed by atoms with Crippen LogP contribution in [0.4, 0.5) is 17.1 Å². The molecule has 5 aromatic rings. The number of allylic oxidation sites excluding steroid dienone is 8. The van der Waals surface area contributed by atoms with E-state index in [9.17, 15) is 0 Å². The third-order valence-corrected chi connectivity index (χ3v) is 8.75. The summed E-state index contributed by atoms with van der Waals surface area (Å²) in [5.41, 5.74) is 14.8. The second-order valence-electron chi connectivity index (χ2n) is 12.0. The molecule has 0 radical (unpaired) electrons. The molecule has 0 spiro atoms. The van der Waals surface area contributed by atoms with Gasteiger partial charge in [-0.3, -0.25) is 0 Å². The van der Waals surface area contributed by atoms with E-state index in [1.165, 1.54) is 33.4 Å². The number of para-hydroxylation sites is 1. The fraction of sp³-hybridized carbons (Fsp3) is 0.0870. The zero-order chi connectivity index (χ0) is 33.5. The van der Waals surface area contributed by atoms with Crippen molar-refractivity contribution >= 4 is 22.6 Å². The Morgan fingerprint density at radius 2 is 1.27 bits per heavy atom. The lowest BCUT2D eigenvalue weighted by atomic mass is 9.93. The van der Waals surface area contributed by atoms with Crippen LogP contribution in [0, 0.1) is 13.8 Å². The fourth-order valence-electron chi connectivity index (χ4n) is 6.13. The lowest BCUT2D eigenvalue weighted by Crippen LogP contribution is -2.10. The normalized spacial score (nSPS) is 16.6. The Labute approximate surface area is 285 Å². The Bertz CT molecular complexity index is 2060. The van der Waals surface area contributed by atoms with Gasteiger partial charge in [0.2, 0.25) is 0 Å². The molecule has 0 unspecified atom stereocenters. The second-order valence-corrected chi connectivity index (χ2v) is 12.0. The zero-order valence-electron chi connectivity index (χ0n) is 28.0.